The number of aromatic amines is 1. The molecule has 1 aliphatic carbocycles. The van der Waals surface area contributed by atoms with E-state index in [1.54, 1.807) is 12.1 Å². The maximum Gasteiger partial charge on any atom is 0.337 e. The highest BCUT2D eigenvalue weighted by molar-refractivity contribution is 6.05. The SMILES string of the molecule is O=C(O)c1cccc2c(-c3ccc4c(c3)CCCC4)n[nH]c12. The Balaban J connectivity index is 1.88. The molecular formula is C18H16N2O2. The number of aromatic nitrogens is 2. The second-order valence-electron chi connectivity index (χ2n) is 5.80. The van der Waals surface area contributed by atoms with Crippen LogP contribution in [0.15, 0.2) is 36.4 Å². The van der Waals surface area contributed by atoms with Crippen molar-refractivity contribution < 1.29 is 9.90 Å². The number of hydrogen-bond acceptors (Lipinski definition) is 2. The summed E-state index contributed by atoms with van der Waals surface area (Å²) in [5.74, 6) is -0.939. The van der Waals surface area contributed by atoms with Gasteiger partial charge >= 0.3 is 5.97 Å². The van der Waals surface area contributed by atoms with E-state index in [4.69, 9.17) is 0 Å². The molecule has 0 unspecified atom stereocenters. The average Bonchev–Trinajstić information content (AvgIpc) is 2.98. The summed E-state index contributed by atoms with van der Waals surface area (Å²) < 4.78 is 0. The zero-order valence-electron chi connectivity index (χ0n) is 12.1. The molecule has 4 heteroatoms. The molecule has 0 fully saturated rings. The van der Waals surface area contributed by atoms with Gasteiger partial charge in [-0.05, 0) is 48.9 Å². The van der Waals surface area contributed by atoms with Crippen LogP contribution in [0.1, 0.15) is 34.3 Å². The lowest BCUT2D eigenvalue weighted by molar-refractivity contribution is 0.0699. The largest absolute Gasteiger partial charge is 0.478 e. The Hall–Kier alpha value is -2.62. The first-order valence-electron chi connectivity index (χ1n) is 7.56. The highest BCUT2D eigenvalue weighted by Crippen LogP contribution is 2.31. The number of benzene rings is 2. The predicted octanol–water partition coefficient (Wildman–Crippen LogP) is 3.81. The molecule has 0 bridgehead atoms. The van der Waals surface area contributed by atoms with Gasteiger partial charge < -0.3 is 5.11 Å². The zero-order chi connectivity index (χ0) is 15.1. The van der Waals surface area contributed by atoms with E-state index < -0.39 is 5.97 Å². The number of nitrogens with zero attached hydrogens (tertiary/aromatic N) is 1. The molecule has 0 atom stereocenters. The minimum Gasteiger partial charge on any atom is -0.478 e. The van der Waals surface area contributed by atoms with E-state index in [-0.39, 0.29) is 5.56 Å². The number of hydrogen-bond donors (Lipinski definition) is 2. The highest BCUT2D eigenvalue weighted by atomic mass is 16.4. The van der Waals surface area contributed by atoms with Crippen LogP contribution in [-0.2, 0) is 12.8 Å². The Kier molecular flexibility index (Phi) is 2.96. The third-order valence-corrected chi connectivity index (χ3v) is 4.45. The fourth-order valence-electron chi connectivity index (χ4n) is 3.32. The van der Waals surface area contributed by atoms with Crippen molar-refractivity contribution in [2.45, 2.75) is 25.7 Å². The van der Waals surface area contributed by atoms with Crippen LogP contribution in [0.25, 0.3) is 22.2 Å². The molecule has 0 amide bonds. The van der Waals surface area contributed by atoms with Gasteiger partial charge in [0.2, 0.25) is 0 Å². The van der Waals surface area contributed by atoms with Gasteiger partial charge in [0.25, 0.3) is 0 Å². The standard InChI is InChI=1S/C18H16N2O2/c21-18(22)15-7-3-6-14-16(19-20-17(14)15)13-9-8-11-4-1-2-5-12(11)10-13/h3,6-10H,1-2,4-5H2,(H,19,20)(H,21,22). The summed E-state index contributed by atoms with van der Waals surface area (Å²) in [6.45, 7) is 0. The van der Waals surface area contributed by atoms with Crippen molar-refractivity contribution in [2.24, 2.45) is 0 Å². The zero-order valence-corrected chi connectivity index (χ0v) is 12.1. The lowest BCUT2D eigenvalue weighted by Crippen LogP contribution is -2.02. The van der Waals surface area contributed by atoms with E-state index in [0.29, 0.717) is 5.52 Å². The number of carboxylic acids is 1. The van der Waals surface area contributed by atoms with Crippen LogP contribution in [0.5, 0.6) is 0 Å². The summed E-state index contributed by atoms with van der Waals surface area (Å²) in [5, 5.41) is 17.4. The minimum atomic E-state index is -0.939. The first kappa shape index (κ1) is 13.1. The van der Waals surface area contributed by atoms with E-state index in [0.717, 1.165) is 29.5 Å². The fraction of sp³-hybridized carbons (Fsp3) is 0.222. The molecule has 4 nitrogen and oxygen atoms in total. The molecule has 2 aromatic carbocycles. The topological polar surface area (TPSA) is 66.0 Å². The fourth-order valence-corrected chi connectivity index (χ4v) is 3.32. The van der Waals surface area contributed by atoms with E-state index in [1.165, 1.54) is 24.0 Å². The van der Waals surface area contributed by atoms with Gasteiger partial charge in [-0.2, -0.15) is 5.10 Å². The number of aromatic carboxylic acids is 1. The van der Waals surface area contributed by atoms with Crippen molar-refractivity contribution in [3.8, 4) is 11.3 Å². The van der Waals surface area contributed by atoms with Crippen molar-refractivity contribution in [2.75, 3.05) is 0 Å². The van der Waals surface area contributed by atoms with E-state index in [1.807, 2.05) is 6.07 Å². The normalized spacial score (nSPS) is 14.0. The maximum atomic E-state index is 11.3. The van der Waals surface area contributed by atoms with Gasteiger partial charge in [-0.1, -0.05) is 24.3 Å². The van der Waals surface area contributed by atoms with Crippen molar-refractivity contribution in [1.82, 2.24) is 10.2 Å². The van der Waals surface area contributed by atoms with Gasteiger partial charge in [0.15, 0.2) is 0 Å². The quantitative estimate of drug-likeness (QED) is 0.755. The van der Waals surface area contributed by atoms with Crippen LogP contribution in [0, 0.1) is 0 Å². The highest BCUT2D eigenvalue weighted by Gasteiger charge is 2.16. The summed E-state index contributed by atoms with van der Waals surface area (Å²) in [6.07, 6.45) is 4.77. The first-order chi connectivity index (χ1) is 10.7. The summed E-state index contributed by atoms with van der Waals surface area (Å²) in [5.41, 5.74) is 5.55. The van der Waals surface area contributed by atoms with E-state index >= 15 is 0 Å². The number of nitrogens with one attached hydrogen (secondary N) is 1. The molecule has 1 heterocycles. The monoisotopic (exact) mass is 292 g/mol. The summed E-state index contributed by atoms with van der Waals surface area (Å²) in [6, 6.07) is 11.8. The van der Waals surface area contributed by atoms with Crippen LogP contribution in [0.4, 0.5) is 0 Å². The van der Waals surface area contributed by atoms with Crippen molar-refractivity contribution >= 4 is 16.9 Å². The summed E-state index contributed by atoms with van der Waals surface area (Å²) in [7, 11) is 0. The molecule has 22 heavy (non-hydrogen) atoms. The van der Waals surface area contributed by atoms with Gasteiger partial charge in [0, 0.05) is 10.9 Å². The molecule has 1 aliphatic rings. The molecule has 3 aromatic rings. The van der Waals surface area contributed by atoms with Crippen LogP contribution in [-0.4, -0.2) is 21.3 Å². The average molecular weight is 292 g/mol. The third-order valence-electron chi connectivity index (χ3n) is 4.45. The lowest BCUT2D eigenvalue weighted by atomic mass is 9.89. The molecule has 0 aliphatic heterocycles. The molecule has 0 radical (unpaired) electrons. The second kappa shape index (κ2) is 4.98. The number of fused-ring (bicyclic) bond motifs is 2. The Morgan fingerprint density at radius 3 is 2.73 bits per heavy atom. The van der Waals surface area contributed by atoms with Crippen LogP contribution >= 0.6 is 0 Å². The van der Waals surface area contributed by atoms with E-state index in [2.05, 4.69) is 28.4 Å². The molecule has 2 N–H and O–H groups in total. The lowest BCUT2D eigenvalue weighted by Gasteiger charge is -2.16. The van der Waals surface area contributed by atoms with Crippen LogP contribution in [0.3, 0.4) is 0 Å². The second-order valence-corrected chi connectivity index (χ2v) is 5.80. The maximum absolute atomic E-state index is 11.3. The summed E-state index contributed by atoms with van der Waals surface area (Å²) >= 11 is 0. The van der Waals surface area contributed by atoms with Crippen LogP contribution in [0.2, 0.25) is 0 Å². The Morgan fingerprint density at radius 1 is 1.09 bits per heavy atom. The Morgan fingerprint density at radius 2 is 1.91 bits per heavy atom. The number of aryl methyl sites for hydroxylation is 2. The number of rotatable bonds is 2. The van der Waals surface area contributed by atoms with Crippen LogP contribution < -0.4 is 0 Å². The van der Waals surface area contributed by atoms with Crippen molar-refractivity contribution in [3.05, 3.63) is 53.1 Å². The Bertz CT molecular complexity index is 880. The van der Waals surface area contributed by atoms with Crippen molar-refractivity contribution in [1.29, 1.82) is 0 Å². The van der Waals surface area contributed by atoms with Gasteiger partial charge in [0.1, 0.15) is 0 Å². The summed E-state index contributed by atoms with van der Waals surface area (Å²) in [4.78, 5) is 11.3. The van der Waals surface area contributed by atoms with Gasteiger partial charge in [-0.15, -0.1) is 0 Å². The molecule has 0 saturated carbocycles. The number of para-hydroxylation sites is 1. The number of carboxylic acid groups (broad SMARTS) is 1. The Labute approximate surface area is 127 Å². The molecular weight excluding hydrogens is 276 g/mol. The molecule has 110 valence electrons. The van der Waals surface area contributed by atoms with E-state index in [9.17, 15) is 9.90 Å². The predicted molar refractivity (Wildman–Crippen MR) is 85.1 cm³/mol. The van der Waals surface area contributed by atoms with Gasteiger partial charge in [0.05, 0.1) is 16.8 Å². The molecule has 4 rings (SSSR count). The molecule has 0 spiro atoms. The number of carbonyl (C=O) groups is 1. The smallest absolute Gasteiger partial charge is 0.337 e. The van der Waals surface area contributed by atoms with Crippen molar-refractivity contribution in [3.63, 3.8) is 0 Å². The van der Waals surface area contributed by atoms with Gasteiger partial charge in [-0.25, -0.2) is 4.79 Å². The van der Waals surface area contributed by atoms with Gasteiger partial charge in [-0.3, -0.25) is 5.10 Å². The third kappa shape index (κ3) is 1.99. The minimum absolute atomic E-state index is 0.259. The first-order valence-corrected chi connectivity index (χ1v) is 7.56. The molecule has 1 aromatic heterocycles. The molecule has 0 saturated heterocycles. The number of H-pyrrole nitrogens is 1.